The largest absolute Gasteiger partial charge is 0.324 e. The Hall–Kier alpha value is -4.65. The molecular weight excluding hydrogens is 412 g/mol. The summed E-state index contributed by atoms with van der Waals surface area (Å²) in [6.45, 7) is 0.0344. The summed E-state index contributed by atoms with van der Waals surface area (Å²) in [5.41, 5.74) is 6.08. The lowest BCUT2D eigenvalue weighted by molar-refractivity contribution is -0.116. The molecule has 0 aliphatic heterocycles. The van der Waals surface area contributed by atoms with Crippen LogP contribution < -0.4 is 5.32 Å². The molecular formula is C26H20N6O. The lowest BCUT2D eigenvalue weighted by Crippen LogP contribution is -2.20. The Labute approximate surface area is 190 Å². The molecule has 5 rings (SSSR count). The second-order valence-corrected chi connectivity index (χ2v) is 7.41. The molecule has 0 unspecified atom stereocenters. The number of nitrogens with zero attached hydrogens (tertiary/aromatic N) is 5. The first kappa shape index (κ1) is 20.3. The fourth-order valence-electron chi connectivity index (χ4n) is 3.63. The van der Waals surface area contributed by atoms with Crippen molar-refractivity contribution < 1.29 is 4.79 Å². The van der Waals surface area contributed by atoms with Crippen molar-refractivity contribution in [1.29, 1.82) is 0 Å². The van der Waals surface area contributed by atoms with Crippen molar-refractivity contribution in [2.75, 3.05) is 5.32 Å². The summed E-state index contributed by atoms with van der Waals surface area (Å²) >= 11 is 0. The smallest absolute Gasteiger partial charge is 0.246 e. The SMILES string of the molecule is O=C(Cn1nnc(-c2ccncc2)c1-c1ccccc1)Nc1ccc(-c2cccnc2)cc1. The summed E-state index contributed by atoms with van der Waals surface area (Å²) < 4.78 is 1.63. The van der Waals surface area contributed by atoms with Crippen LogP contribution in [0.3, 0.4) is 0 Å². The second kappa shape index (κ2) is 9.23. The maximum atomic E-state index is 12.8. The fourth-order valence-corrected chi connectivity index (χ4v) is 3.63. The van der Waals surface area contributed by atoms with E-state index in [1.807, 2.05) is 85.1 Å². The molecule has 0 aliphatic carbocycles. The van der Waals surface area contributed by atoms with Gasteiger partial charge in [-0.25, -0.2) is 4.68 Å². The normalized spacial score (nSPS) is 10.7. The average Bonchev–Trinajstić information content (AvgIpc) is 3.29. The van der Waals surface area contributed by atoms with E-state index < -0.39 is 0 Å². The van der Waals surface area contributed by atoms with E-state index in [9.17, 15) is 4.79 Å². The molecule has 0 saturated heterocycles. The van der Waals surface area contributed by atoms with Gasteiger partial charge in [0.05, 0.1) is 5.69 Å². The predicted molar refractivity (Wildman–Crippen MR) is 127 cm³/mol. The van der Waals surface area contributed by atoms with Gasteiger partial charge in [-0.15, -0.1) is 5.10 Å². The molecule has 0 spiro atoms. The van der Waals surface area contributed by atoms with Gasteiger partial charge in [-0.3, -0.25) is 14.8 Å². The number of aromatic nitrogens is 5. The van der Waals surface area contributed by atoms with Gasteiger partial charge in [-0.05, 0) is 41.5 Å². The summed E-state index contributed by atoms with van der Waals surface area (Å²) in [6.07, 6.45) is 6.98. The van der Waals surface area contributed by atoms with E-state index in [0.29, 0.717) is 11.4 Å². The second-order valence-electron chi connectivity index (χ2n) is 7.41. The van der Waals surface area contributed by atoms with E-state index in [1.54, 1.807) is 23.3 Å². The number of anilines is 1. The topological polar surface area (TPSA) is 85.6 Å². The van der Waals surface area contributed by atoms with E-state index in [2.05, 4.69) is 25.6 Å². The minimum atomic E-state index is -0.188. The Morgan fingerprint density at radius 3 is 2.21 bits per heavy atom. The zero-order valence-corrected chi connectivity index (χ0v) is 17.7. The van der Waals surface area contributed by atoms with Gasteiger partial charge in [-0.1, -0.05) is 53.7 Å². The van der Waals surface area contributed by atoms with Crippen molar-refractivity contribution >= 4 is 11.6 Å². The molecule has 3 heterocycles. The van der Waals surface area contributed by atoms with Crippen LogP contribution >= 0.6 is 0 Å². The first-order chi connectivity index (χ1) is 16.3. The van der Waals surface area contributed by atoms with E-state index in [0.717, 1.165) is 27.9 Å². The molecule has 3 aromatic heterocycles. The van der Waals surface area contributed by atoms with Gasteiger partial charge in [0, 0.05) is 41.6 Å². The van der Waals surface area contributed by atoms with Crippen molar-refractivity contribution in [3.05, 3.63) is 104 Å². The maximum Gasteiger partial charge on any atom is 0.246 e. The van der Waals surface area contributed by atoms with E-state index in [4.69, 9.17) is 0 Å². The molecule has 0 saturated carbocycles. The Bertz CT molecular complexity index is 1350. The van der Waals surface area contributed by atoms with Crippen molar-refractivity contribution in [3.63, 3.8) is 0 Å². The van der Waals surface area contributed by atoms with Crippen LogP contribution in [0.15, 0.2) is 104 Å². The number of carbonyl (C=O) groups excluding carboxylic acids is 1. The highest BCUT2D eigenvalue weighted by atomic mass is 16.2. The van der Waals surface area contributed by atoms with Crippen molar-refractivity contribution in [2.24, 2.45) is 0 Å². The summed E-state index contributed by atoms with van der Waals surface area (Å²) in [7, 11) is 0. The van der Waals surface area contributed by atoms with Gasteiger partial charge in [0.25, 0.3) is 0 Å². The van der Waals surface area contributed by atoms with Crippen LogP contribution in [0.25, 0.3) is 33.6 Å². The van der Waals surface area contributed by atoms with Gasteiger partial charge in [0.2, 0.25) is 5.91 Å². The van der Waals surface area contributed by atoms with Crippen LogP contribution in [0, 0.1) is 0 Å². The molecule has 7 heteroatoms. The maximum absolute atomic E-state index is 12.8. The summed E-state index contributed by atoms with van der Waals surface area (Å²) in [6, 6.07) is 25.1. The average molecular weight is 432 g/mol. The molecule has 0 aliphatic rings. The fraction of sp³-hybridized carbons (Fsp3) is 0.0385. The first-order valence-electron chi connectivity index (χ1n) is 10.5. The zero-order valence-electron chi connectivity index (χ0n) is 17.7. The van der Waals surface area contributed by atoms with Gasteiger partial charge in [0.1, 0.15) is 12.2 Å². The van der Waals surface area contributed by atoms with Crippen molar-refractivity contribution in [1.82, 2.24) is 25.0 Å². The quantitative estimate of drug-likeness (QED) is 0.420. The molecule has 0 radical (unpaired) electrons. The van der Waals surface area contributed by atoms with Crippen LogP contribution in [0.2, 0.25) is 0 Å². The molecule has 0 atom stereocenters. The standard InChI is InChI=1S/C26H20N6O/c33-24(29-23-10-8-19(9-11-23)22-7-4-14-28-17-22)18-32-26(21-5-2-1-3-6-21)25(30-31-32)20-12-15-27-16-13-20/h1-17H,18H2,(H,29,33). The minimum Gasteiger partial charge on any atom is -0.324 e. The van der Waals surface area contributed by atoms with Gasteiger partial charge in [-0.2, -0.15) is 0 Å². The lowest BCUT2D eigenvalue weighted by atomic mass is 10.1. The molecule has 1 N–H and O–H groups in total. The van der Waals surface area contributed by atoms with Crippen molar-refractivity contribution in [2.45, 2.75) is 6.54 Å². The molecule has 5 aromatic rings. The highest BCUT2D eigenvalue weighted by molar-refractivity contribution is 5.91. The number of amides is 1. The summed E-state index contributed by atoms with van der Waals surface area (Å²) in [5.74, 6) is -0.188. The monoisotopic (exact) mass is 432 g/mol. The highest BCUT2D eigenvalue weighted by Gasteiger charge is 2.18. The number of pyridine rings is 2. The van der Waals surface area contributed by atoms with E-state index in [-0.39, 0.29) is 12.5 Å². The molecule has 0 bridgehead atoms. The third-order valence-corrected chi connectivity index (χ3v) is 5.19. The number of rotatable bonds is 6. The first-order valence-corrected chi connectivity index (χ1v) is 10.5. The van der Waals surface area contributed by atoms with Gasteiger partial charge in [0.15, 0.2) is 0 Å². The zero-order chi connectivity index (χ0) is 22.5. The Morgan fingerprint density at radius 2 is 1.48 bits per heavy atom. The molecule has 33 heavy (non-hydrogen) atoms. The molecule has 2 aromatic carbocycles. The molecule has 1 amide bonds. The Balaban J connectivity index is 1.38. The van der Waals surface area contributed by atoms with E-state index in [1.165, 1.54) is 0 Å². The highest BCUT2D eigenvalue weighted by Crippen LogP contribution is 2.30. The van der Waals surface area contributed by atoms with Gasteiger partial charge >= 0.3 is 0 Å². The molecule has 0 fully saturated rings. The van der Waals surface area contributed by atoms with Crippen molar-refractivity contribution in [3.8, 4) is 33.6 Å². The van der Waals surface area contributed by atoms with Gasteiger partial charge < -0.3 is 5.32 Å². The number of hydrogen-bond acceptors (Lipinski definition) is 5. The Morgan fingerprint density at radius 1 is 0.727 bits per heavy atom. The molecule has 160 valence electrons. The third kappa shape index (κ3) is 4.52. The lowest BCUT2D eigenvalue weighted by Gasteiger charge is -2.10. The third-order valence-electron chi connectivity index (χ3n) is 5.19. The van der Waals surface area contributed by atoms with Crippen LogP contribution in [0.4, 0.5) is 5.69 Å². The Kier molecular flexibility index (Phi) is 5.67. The number of nitrogens with one attached hydrogen (secondary N) is 1. The number of carbonyl (C=O) groups is 1. The molecule has 7 nitrogen and oxygen atoms in total. The van der Waals surface area contributed by atoms with E-state index >= 15 is 0 Å². The predicted octanol–water partition coefficient (Wildman–Crippen LogP) is 4.71. The van der Waals surface area contributed by atoms with Crippen LogP contribution in [-0.2, 0) is 11.3 Å². The van der Waals surface area contributed by atoms with Crippen LogP contribution in [0.5, 0.6) is 0 Å². The number of benzene rings is 2. The number of hydrogen-bond donors (Lipinski definition) is 1. The van der Waals surface area contributed by atoms with Crippen LogP contribution in [0.1, 0.15) is 0 Å². The minimum absolute atomic E-state index is 0.0344. The summed E-state index contributed by atoms with van der Waals surface area (Å²) in [5, 5.41) is 11.6. The summed E-state index contributed by atoms with van der Waals surface area (Å²) in [4.78, 5) is 21.1. The van der Waals surface area contributed by atoms with Crippen LogP contribution in [-0.4, -0.2) is 30.9 Å².